The van der Waals surface area contributed by atoms with E-state index in [-0.39, 0.29) is 0 Å². The molecule has 0 aromatic carbocycles. The Morgan fingerprint density at radius 2 is 2.42 bits per heavy atom. The van der Waals surface area contributed by atoms with E-state index in [4.69, 9.17) is 4.42 Å². The van der Waals surface area contributed by atoms with Crippen LogP contribution in [0.4, 0.5) is 0 Å². The Morgan fingerprint density at radius 1 is 1.75 bits per heavy atom. The van der Waals surface area contributed by atoms with E-state index in [1.54, 1.807) is 12.1 Å². The van der Waals surface area contributed by atoms with Crippen molar-refractivity contribution in [1.82, 2.24) is 0 Å². The van der Waals surface area contributed by atoms with E-state index in [1.807, 2.05) is 0 Å². The van der Waals surface area contributed by atoms with Crippen LogP contribution in [0.2, 0.25) is 0 Å². The van der Waals surface area contributed by atoms with Crippen LogP contribution in [0.5, 0.6) is 0 Å². The van der Waals surface area contributed by atoms with E-state index in [2.05, 4.69) is 6.58 Å². The van der Waals surface area contributed by atoms with Crippen LogP contribution >= 0.6 is 0 Å². The molecule has 3 nitrogen and oxygen atoms in total. The molecule has 2 atom stereocenters. The molecule has 0 radical (unpaired) electrons. The van der Waals surface area contributed by atoms with Gasteiger partial charge in [0, 0.05) is 0 Å². The highest BCUT2D eigenvalue weighted by Crippen LogP contribution is 2.26. The maximum absolute atomic E-state index is 9.54. The van der Waals surface area contributed by atoms with Crippen molar-refractivity contribution in [2.45, 2.75) is 18.6 Å². The molecule has 1 heterocycles. The van der Waals surface area contributed by atoms with E-state index >= 15 is 0 Å². The fraction of sp³-hybridized carbons (Fsp3) is 0.333. The highest BCUT2D eigenvalue weighted by Gasteiger charge is 2.29. The highest BCUT2D eigenvalue weighted by atomic mass is 16.4. The summed E-state index contributed by atoms with van der Waals surface area (Å²) >= 11 is 0. The smallest absolute Gasteiger partial charge is 0.143 e. The second kappa shape index (κ2) is 3.13. The monoisotopic (exact) mass is 168 g/mol. The van der Waals surface area contributed by atoms with E-state index in [0.717, 1.165) is 0 Å². The van der Waals surface area contributed by atoms with Gasteiger partial charge in [-0.25, -0.2) is 0 Å². The SMILES string of the molecule is C=CC(C)(O)C(O)c1ccco1. The molecule has 1 aromatic heterocycles. The molecular weight excluding hydrogens is 156 g/mol. The van der Waals surface area contributed by atoms with Gasteiger partial charge in [0.2, 0.25) is 0 Å². The minimum Gasteiger partial charge on any atom is -0.466 e. The van der Waals surface area contributed by atoms with Crippen LogP contribution in [0.3, 0.4) is 0 Å². The van der Waals surface area contributed by atoms with Gasteiger partial charge in [-0.05, 0) is 19.1 Å². The molecule has 2 N–H and O–H groups in total. The fourth-order valence-corrected chi connectivity index (χ4v) is 0.846. The number of aliphatic hydroxyl groups excluding tert-OH is 1. The summed E-state index contributed by atoms with van der Waals surface area (Å²) in [6.45, 7) is 4.88. The Hall–Kier alpha value is -1.06. The van der Waals surface area contributed by atoms with Crippen LogP contribution in [0, 0.1) is 0 Å². The van der Waals surface area contributed by atoms with Crippen LogP contribution in [0.15, 0.2) is 35.5 Å². The van der Waals surface area contributed by atoms with Gasteiger partial charge in [0.1, 0.15) is 17.5 Å². The van der Waals surface area contributed by atoms with E-state index in [1.165, 1.54) is 19.3 Å². The molecule has 66 valence electrons. The van der Waals surface area contributed by atoms with E-state index in [9.17, 15) is 10.2 Å². The maximum Gasteiger partial charge on any atom is 0.143 e. The lowest BCUT2D eigenvalue weighted by Crippen LogP contribution is -2.29. The minimum absolute atomic E-state index is 0.333. The Morgan fingerprint density at radius 3 is 2.83 bits per heavy atom. The second-order valence-electron chi connectivity index (χ2n) is 2.85. The summed E-state index contributed by atoms with van der Waals surface area (Å²) < 4.78 is 4.93. The predicted molar refractivity (Wildman–Crippen MR) is 44.5 cm³/mol. The molecule has 0 aliphatic carbocycles. The third kappa shape index (κ3) is 1.57. The van der Waals surface area contributed by atoms with Gasteiger partial charge in [-0.2, -0.15) is 0 Å². The molecule has 0 aliphatic heterocycles. The first kappa shape index (κ1) is 9.03. The van der Waals surface area contributed by atoms with Gasteiger partial charge in [0.15, 0.2) is 0 Å². The molecule has 0 saturated heterocycles. The molecule has 12 heavy (non-hydrogen) atoms. The standard InChI is InChI=1S/C9H12O3/c1-3-9(2,11)8(10)7-5-4-6-12-7/h3-6,8,10-11H,1H2,2H3. The molecule has 0 saturated carbocycles. The Kier molecular flexibility index (Phi) is 2.35. The van der Waals surface area contributed by atoms with Crippen molar-refractivity contribution in [3.05, 3.63) is 36.8 Å². The number of rotatable bonds is 3. The lowest BCUT2D eigenvalue weighted by molar-refractivity contribution is -0.0382. The van der Waals surface area contributed by atoms with Gasteiger partial charge in [-0.3, -0.25) is 0 Å². The topological polar surface area (TPSA) is 53.6 Å². The first-order chi connectivity index (χ1) is 5.58. The van der Waals surface area contributed by atoms with Crippen molar-refractivity contribution in [3.8, 4) is 0 Å². The summed E-state index contributed by atoms with van der Waals surface area (Å²) in [5.41, 5.74) is -1.35. The lowest BCUT2D eigenvalue weighted by atomic mass is 9.98. The largest absolute Gasteiger partial charge is 0.466 e. The lowest BCUT2D eigenvalue weighted by Gasteiger charge is -2.23. The molecule has 1 rings (SSSR count). The third-order valence-corrected chi connectivity index (χ3v) is 1.78. The molecule has 0 aliphatic rings. The maximum atomic E-state index is 9.54. The number of hydrogen-bond acceptors (Lipinski definition) is 3. The summed E-state index contributed by atoms with van der Waals surface area (Å²) in [4.78, 5) is 0. The van der Waals surface area contributed by atoms with Crippen LogP contribution in [0.25, 0.3) is 0 Å². The molecule has 0 fully saturated rings. The zero-order valence-electron chi connectivity index (χ0n) is 6.90. The third-order valence-electron chi connectivity index (χ3n) is 1.78. The first-order valence-electron chi connectivity index (χ1n) is 3.65. The van der Waals surface area contributed by atoms with Gasteiger partial charge < -0.3 is 14.6 Å². The second-order valence-corrected chi connectivity index (χ2v) is 2.85. The van der Waals surface area contributed by atoms with E-state index < -0.39 is 11.7 Å². The number of furan rings is 1. The van der Waals surface area contributed by atoms with Gasteiger partial charge in [0.25, 0.3) is 0 Å². The molecule has 0 amide bonds. The average Bonchev–Trinajstić information content (AvgIpc) is 2.55. The normalized spacial score (nSPS) is 18.2. The molecular formula is C9H12O3. The van der Waals surface area contributed by atoms with Crippen molar-refractivity contribution < 1.29 is 14.6 Å². The van der Waals surface area contributed by atoms with Crippen LogP contribution < -0.4 is 0 Å². The molecule has 2 unspecified atom stereocenters. The van der Waals surface area contributed by atoms with Gasteiger partial charge >= 0.3 is 0 Å². The van der Waals surface area contributed by atoms with Gasteiger partial charge in [0.05, 0.1) is 6.26 Å². The first-order valence-corrected chi connectivity index (χ1v) is 3.65. The van der Waals surface area contributed by atoms with Crippen molar-refractivity contribution >= 4 is 0 Å². The van der Waals surface area contributed by atoms with Crippen LogP contribution in [-0.4, -0.2) is 15.8 Å². The minimum atomic E-state index is -1.35. The number of aliphatic hydroxyl groups is 2. The van der Waals surface area contributed by atoms with Gasteiger partial charge in [-0.1, -0.05) is 6.08 Å². The van der Waals surface area contributed by atoms with Crippen LogP contribution in [-0.2, 0) is 0 Å². The summed E-state index contributed by atoms with van der Waals surface area (Å²) in [5.74, 6) is 0.333. The van der Waals surface area contributed by atoms with Crippen molar-refractivity contribution in [2.75, 3.05) is 0 Å². The Labute approximate surface area is 70.9 Å². The van der Waals surface area contributed by atoms with Gasteiger partial charge in [-0.15, -0.1) is 6.58 Å². The quantitative estimate of drug-likeness (QED) is 0.668. The Bertz CT molecular complexity index is 249. The molecule has 3 heteroatoms. The molecule has 0 spiro atoms. The van der Waals surface area contributed by atoms with E-state index in [0.29, 0.717) is 5.76 Å². The predicted octanol–water partition coefficient (Wildman–Crippen LogP) is 1.25. The van der Waals surface area contributed by atoms with Crippen molar-refractivity contribution in [2.24, 2.45) is 0 Å². The Balaban J connectivity index is 2.85. The summed E-state index contributed by atoms with van der Waals surface area (Å²) in [7, 11) is 0. The highest BCUT2D eigenvalue weighted by molar-refractivity contribution is 5.11. The number of hydrogen-bond donors (Lipinski definition) is 2. The zero-order valence-corrected chi connectivity index (χ0v) is 6.90. The average molecular weight is 168 g/mol. The summed E-state index contributed by atoms with van der Waals surface area (Å²) in [6.07, 6.45) is 1.66. The molecule has 0 bridgehead atoms. The fourth-order valence-electron chi connectivity index (χ4n) is 0.846. The molecule has 1 aromatic rings. The van der Waals surface area contributed by atoms with Crippen molar-refractivity contribution in [1.29, 1.82) is 0 Å². The zero-order chi connectivity index (χ0) is 9.19. The van der Waals surface area contributed by atoms with Crippen molar-refractivity contribution in [3.63, 3.8) is 0 Å². The van der Waals surface area contributed by atoms with Crippen LogP contribution in [0.1, 0.15) is 18.8 Å². The summed E-state index contributed by atoms with van der Waals surface area (Å²) in [6, 6.07) is 3.25. The summed E-state index contributed by atoms with van der Waals surface area (Å²) in [5, 5.41) is 19.1.